The molecule has 0 fully saturated rings. The summed E-state index contributed by atoms with van der Waals surface area (Å²) in [4.78, 5) is 4.34. The highest BCUT2D eigenvalue weighted by Gasteiger charge is 2.14. The third-order valence-corrected chi connectivity index (χ3v) is 3.51. The van der Waals surface area contributed by atoms with E-state index < -0.39 is 0 Å². The molecule has 0 bridgehead atoms. The molecule has 0 saturated carbocycles. The first-order valence-electron chi connectivity index (χ1n) is 6.82. The fraction of sp³-hybridized carbons (Fsp3) is 0.467. The third-order valence-electron chi connectivity index (χ3n) is 3.09. The van der Waals surface area contributed by atoms with Gasteiger partial charge in [-0.15, -0.1) is 11.6 Å². The Balaban J connectivity index is 1.90. The van der Waals surface area contributed by atoms with Crippen LogP contribution in [0.1, 0.15) is 42.4 Å². The van der Waals surface area contributed by atoms with Gasteiger partial charge in [-0.25, -0.2) is 0 Å². The SMILES string of the molecule is CCCC(Cl)c1noc(CCc2ccc(OC)cc2)n1. The number of aryl methyl sites for hydroxylation is 2. The van der Waals surface area contributed by atoms with Gasteiger partial charge in [-0.3, -0.25) is 0 Å². The number of benzene rings is 1. The third kappa shape index (κ3) is 3.97. The Morgan fingerprint density at radius 2 is 2.00 bits per heavy atom. The Hall–Kier alpha value is -1.55. The summed E-state index contributed by atoms with van der Waals surface area (Å²) >= 11 is 6.17. The molecule has 0 amide bonds. The van der Waals surface area contributed by atoms with Crippen molar-refractivity contribution in [3.05, 3.63) is 41.5 Å². The lowest BCUT2D eigenvalue weighted by atomic mass is 10.1. The van der Waals surface area contributed by atoms with E-state index in [4.69, 9.17) is 20.9 Å². The van der Waals surface area contributed by atoms with Gasteiger partial charge in [0.25, 0.3) is 0 Å². The van der Waals surface area contributed by atoms with Gasteiger partial charge < -0.3 is 9.26 Å². The smallest absolute Gasteiger partial charge is 0.227 e. The zero-order valence-corrected chi connectivity index (χ0v) is 12.6. The summed E-state index contributed by atoms with van der Waals surface area (Å²) in [6.07, 6.45) is 3.43. The van der Waals surface area contributed by atoms with Crippen LogP contribution in [-0.2, 0) is 12.8 Å². The maximum absolute atomic E-state index is 6.17. The van der Waals surface area contributed by atoms with Crippen LogP contribution in [0.2, 0.25) is 0 Å². The number of hydrogen-bond acceptors (Lipinski definition) is 4. The van der Waals surface area contributed by atoms with E-state index in [0.29, 0.717) is 11.7 Å². The number of aromatic nitrogens is 2. The molecule has 5 heteroatoms. The zero-order chi connectivity index (χ0) is 14.4. The van der Waals surface area contributed by atoms with Crippen LogP contribution in [0, 0.1) is 0 Å². The van der Waals surface area contributed by atoms with Gasteiger partial charge in [0, 0.05) is 6.42 Å². The maximum atomic E-state index is 6.17. The summed E-state index contributed by atoms with van der Waals surface area (Å²) in [6.45, 7) is 2.08. The number of nitrogens with zero attached hydrogens (tertiary/aromatic N) is 2. The highest BCUT2D eigenvalue weighted by molar-refractivity contribution is 6.20. The molecule has 0 saturated heterocycles. The highest BCUT2D eigenvalue weighted by Crippen LogP contribution is 2.23. The van der Waals surface area contributed by atoms with Crippen molar-refractivity contribution in [2.45, 2.75) is 38.0 Å². The molecule has 4 nitrogen and oxygen atoms in total. The molecule has 1 heterocycles. The molecule has 20 heavy (non-hydrogen) atoms. The summed E-state index contributed by atoms with van der Waals surface area (Å²) in [5.41, 5.74) is 1.21. The van der Waals surface area contributed by atoms with Crippen molar-refractivity contribution in [3.8, 4) is 5.75 Å². The number of methoxy groups -OCH3 is 1. The Bertz CT molecular complexity index is 525. The first-order valence-corrected chi connectivity index (χ1v) is 7.26. The van der Waals surface area contributed by atoms with Crippen molar-refractivity contribution in [2.24, 2.45) is 0 Å². The Morgan fingerprint density at radius 3 is 2.65 bits per heavy atom. The van der Waals surface area contributed by atoms with Crippen molar-refractivity contribution >= 4 is 11.6 Å². The Labute approximate surface area is 124 Å². The van der Waals surface area contributed by atoms with E-state index in [-0.39, 0.29) is 5.38 Å². The predicted octanol–water partition coefficient (Wildman–Crippen LogP) is 3.94. The molecule has 2 aromatic rings. The molecule has 0 aliphatic carbocycles. The normalized spacial score (nSPS) is 12.3. The Kier molecular flexibility index (Phi) is 5.41. The quantitative estimate of drug-likeness (QED) is 0.726. The van der Waals surface area contributed by atoms with E-state index in [0.717, 1.165) is 31.4 Å². The lowest BCUT2D eigenvalue weighted by molar-refractivity contribution is 0.372. The lowest BCUT2D eigenvalue weighted by Gasteiger charge is -2.01. The van der Waals surface area contributed by atoms with Crippen LogP contribution in [0.3, 0.4) is 0 Å². The molecule has 2 rings (SSSR count). The number of alkyl halides is 1. The molecule has 1 unspecified atom stereocenters. The van der Waals surface area contributed by atoms with Crippen molar-refractivity contribution in [2.75, 3.05) is 7.11 Å². The van der Waals surface area contributed by atoms with E-state index >= 15 is 0 Å². The summed E-state index contributed by atoms with van der Waals surface area (Å²) < 4.78 is 10.4. The summed E-state index contributed by atoms with van der Waals surface area (Å²) in [5.74, 6) is 2.09. The average molecular weight is 295 g/mol. The van der Waals surface area contributed by atoms with E-state index in [1.54, 1.807) is 7.11 Å². The Morgan fingerprint density at radius 1 is 1.25 bits per heavy atom. The molecule has 108 valence electrons. The van der Waals surface area contributed by atoms with Crippen LogP contribution < -0.4 is 4.74 Å². The van der Waals surface area contributed by atoms with Crippen LogP contribution >= 0.6 is 11.6 Å². The van der Waals surface area contributed by atoms with Gasteiger partial charge in [-0.05, 0) is 30.5 Å². The van der Waals surface area contributed by atoms with Gasteiger partial charge in [0.2, 0.25) is 5.89 Å². The molecule has 0 radical (unpaired) electrons. The average Bonchev–Trinajstić information content (AvgIpc) is 2.95. The highest BCUT2D eigenvalue weighted by atomic mass is 35.5. The number of rotatable bonds is 7. The first-order chi connectivity index (χ1) is 9.72. The van der Waals surface area contributed by atoms with Crippen molar-refractivity contribution in [3.63, 3.8) is 0 Å². The second-order valence-electron chi connectivity index (χ2n) is 4.65. The minimum atomic E-state index is -0.154. The number of halogens is 1. The molecular weight excluding hydrogens is 276 g/mol. The van der Waals surface area contributed by atoms with Crippen LogP contribution in [0.4, 0.5) is 0 Å². The van der Waals surface area contributed by atoms with Gasteiger partial charge in [0.15, 0.2) is 5.82 Å². The van der Waals surface area contributed by atoms with Crippen LogP contribution in [-0.4, -0.2) is 17.3 Å². The molecule has 0 aliphatic rings. The monoisotopic (exact) mass is 294 g/mol. The first kappa shape index (κ1) is 14.9. The second kappa shape index (κ2) is 7.29. The number of ether oxygens (including phenoxy) is 1. The van der Waals surface area contributed by atoms with Crippen molar-refractivity contribution < 1.29 is 9.26 Å². The van der Waals surface area contributed by atoms with E-state index in [9.17, 15) is 0 Å². The van der Waals surface area contributed by atoms with Crippen molar-refractivity contribution in [1.29, 1.82) is 0 Å². The lowest BCUT2D eigenvalue weighted by Crippen LogP contribution is -1.95. The zero-order valence-electron chi connectivity index (χ0n) is 11.8. The summed E-state index contributed by atoms with van der Waals surface area (Å²) in [6, 6.07) is 7.98. The van der Waals surface area contributed by atoms with Gasteiger partial charge in [0.1, 0.15) is 5.75 Å². The topological polar surface area (TPSA) is 48.2 Å². The molecule has 1 aromatic heterocycles. The maximum Gasteiger partial charge on any atom is 0.227 e. The van der Waals surface area contributed by atoms with Crippen LogP contribution in [0.25, 0.3) is 0 Å². The van der Waals surface area contributed by atoms with E-state index in [1.165, 1.54) is 5.56 Å². The molecular formula is C15H19ClN2O2. The minimum Gasteiger partial charge on any atom is -0.497 e. The summed E-state index contributed by atoms with van der Waals surface area (Å²) in [5, 5.41) is 3.78. The van der Waals surface area contributed by atoms with Crippen molar-refractivity contribution in [1.82, 2.24) is 10.1 Å². The van der Waals surface area contributed by atoms with Gasteiger partial charge in [0.05, 0.1) is 12.5 Å². The molecule has 1 atom stereocenters. The second-order valence-corrected chi connectivity index (χ2v) is 5.18. The van der Waals surface area contributed by atoms with Crippen LogP contribution in [0.5, 0.6) is 5.75 Å². The molecule has 0 aliphatic heterocycles. The standard InChI is InChI=1S/C15H19ClN2O2/c1-3-4-13(16)15-17-14(20-18-15)10-7-11-5-8-12(19-2)9-6-11/h5-6,8-9,13H,3-4,7,10H2,1-2H3. The fourth-order valence-corrected chi connectivity index (χ4v) is 2.23. The van der Waals surface area contributed by atoms with Gasteiger partial charge >= 0.3 is 0 Å². The molecule has 0 N–H and O–H groups in total. The number of hydrogen-bond donors (Lipinski definition) is 0. The van der Waals surface area contributed by atoms with E-state index in [2.05, 4.69) is 17.1 Å². The fourth-order valence-electron chi connectivity index (χ4n) is 1.92. The minimum absolute atomic E-state index is 0.154. The summed E-state index contributed by atoms with van der Waals surface area (Å²) in [7, 11) is 1.66. The van der Waals surface area contributed by atoms with E-state index in [1.807, 2.05) is 24.3 Å². The molecule has 0 spiro atoms. The van der Waals surface area contributed by atoms with Gasteiger partial charge in [-0.1, -0.05) is 30.6 Å². The predicted molar refractivity (Wildman–Crippen MR) is 78.2 cm³/mol. The molecule has 1 aromatic carbocycles. The van der Waals surface area contributed by atoms with Crippen LogP contribution in [0.15, 0.2) is 28.8 Å². The van der Waals surface area contributed by atoms with Gasteiger partial charge in [-0.2, -0.15) is 4.98 Å². The largest absolute Gasteiger partial charge is 0.497 e.